The number of nitrogens with zero attached hydrogens (tertiary/aromatic N) is 3. The summed E-state index contributed by atoms with van der Waals surface area (Å²) >= 11 is 0. The average molecular weight is 1480 g/mol. The molecule has 0 atom stereocenters. The van der Waals surface area contributed by atoms with Crippen molar-refractivity contribution in [3.8, 4) is 50.4 Å². The van der Waals surface area contributed by atoms with Crippen molar-refractivity contribution in [1.29, 1.82) is 0 Å². The van der Waals surface area contributed by atoms with E-state index in [0.717, 1.165) is 55.9 Å². The molecule has 0 radical (unpaired) electrons. The molecule has 0 unspecified atom stereocenters. The molecule has 18 aliphatic rings. The quantitative estimate of drug-likeness (QED) is 0.0999. The molecule has 6 nitrogen and oxygen atoms in total. The Morgan fingerprint density at radius 1 is 0.237 bits per heavy atom. The first-order chi connectivity index (χ1) is 56.5. The van der Waals surface area contributed by atoms with Crippen molar-refractivity contribution in [2.24, 2.45) is 0 Å². The SMILES string of the molecule is [BH2-]1B2B3B1P23(Nc1ccccc1)c1cc2c3c(c1)c1ccccc1n3-c1cccc3c1B2c1ccccc1-3.[BH2-]1B2B3B1P23(Nc1ccccc1)c1ccc2c3ccccc3n3c2c1B1c2ccccc2-c2cccc-3c21.[BH2-]1B2B3B1P23(Nc1ccccc1)c1cccc2c1B1c3c-2cccc3-n2c3ccccc3c3cccc1c32. The minimum absolute atomic E-state index is 0.196. The Balaban J connectivity index is 0.0000000853. The summed E-state index contributed by atoms with van der Waals surface area (Å²) in [5, 5.41) is 26.6. The van der Waals surface area contributed by atoms with E-state index in [9.17, 15) is 0 Å². The van der Waals surface area contributed by atoms with Crippen LogP contribution in [0.3, 0.4) is 0 Å². The van der Waals surface area contributed by atoms with E-state index in [1.807, 2.05) is 0 Å². The summed E-state index contributed by atoms with van der Waals surface area (Å²) in [5.41, 5.74) is 38.9. The predicted molar refractivity (Wildman–Crippen MR) is 520 cm³/mol. The molecular formula is C90H63B15N6P3-3. The summed E-state index contributed by atoms with van der Waals surface area (Å²) in [5.74, 6) is 0. The number of nitrogens with one attached hydrogen (secondary N) is 3. The van der Waals surface area contributed by atoms with Gasteiger partial charge in [0, 0.05) is 0 Å². The number of anilines is 3. The molecule has 18 aliphatic heterocycles. The third-order valence-electron chi connectivity index (χ3n) is 35.7. The Bertz CT molecular complexity index is 7690. The molecule has 516 valence electrons. The van der Waals surface area contributed by atoms with Gasteiger partial charge in [0.2, 0.25) is 0 Å². The molecule has 24 heteroatoms. The molecule has 15 aromatic carbocycles. The monoisotopic (exact) mass is 1490 g/mol. The second-order valence-corrected chi connectivity index (χ2v) is 54.7. The molecule has 36 rings (SSSR count). The van der Waals surface area contributed by atoms with Crippen LogP contribution in [0, 0.1) is 0 Å². The summed E-state index contributed by atoms with van der Waals surface area (Å²) in [6, 6.07) is 125. The molecule has 18 aromatic rings. The minimum atomic E-state index is -2.12. The zero-order valence-electron chi connectivity index (χ0n) is 63.3. The summed E-state index contributed by atoms with van der Waals surface area (Å²) < 4.78 is 7.79. The van der Waals surface area contributed by atoms with E-state index in [-0.39, 0.29) is 21.2 Å². The van der Waals surface area contributed by atoms with Gasteiger partial charge < -0.3 is 0 Å². The van der Waals surface area contributed by atoms with Gasteiger partial charge in [-0.1, -0.05) is 0 Å². The van der Waals surface area contributed by atoms with Crippen molar-refractivity contribution in [1.82, 2.24) is 13.7 Å². The van der Waals surface area contributed by atoms with Gasteiger partial charge in [-0.15, -0.1) is 0 Å². The number of fused-ring (bicyclic) bond motifs is 24. The molecule has 3 aromatic heterocycles. The van der Waals surface area contributed by atoms with Crippen molar-refractivity contribution in [3.63, 3.8) is 0 Å². The number of para-hydroxylation sites is 7. The maximum atomic E-state index is 4.37. The molecule has 0 amide bonds. The summed E-state index contributed by atoms with van der Waals surface area (Å²) in [6.07, 6.45) is 2.76. The van der Waals surface area contributed by atoms with Gasteiger partial charge in [-0.05, 0) is 0 Å². The third-order valence-corrected chi connectivity index (χ3v) is 61.0. The first kappa shape index (κ1) is 60.9. The fourth-order valence-corrected chi connectivity index (χ4v) is 62.2. The molecule has 21 heterocycles. The second kappa shape index (κ2) is 19.5. The van der Waals surface area contributed by atoms with Crippen LogP contribution >= 0.6 is 19.2 Å². The van der Waals surface area contributed by atoms with Gasteiger partial charge in [0.15, 0.2) is 0 Å². The summed E-state index contributed by atoms with van der Waals surface area (Å²) in [4.78, 5) is 0. The Kier molecular flexibility index (Phi) is 10.4. The number of hydrogen-bond donors (Lipinski definition) is 3. The van der Waals surface area contributed by atoms with Crippen LogP contribution < -0.4 is 80.3 Å². The fraction of sp³-hybridized carbons (Fsp3) is 0. The third kappa shape index (κ3) is 6.21. The van der Waals surface area contributed by atoms with E-state index in [1.165, 1.54) is 171 Å². The Labute approximate surface area is 665 Å². The van der Waals surface area contributed by atoms with Gasteiger partial charge in [0.1, 0.15) is 0 Å². The number of hydrogen-bond acceptors (Lipinski definition) is 3. The van der Waals surface area contributed by atoms with E-state index in [2.05, 4.69) is 357 Å². The normalized spacial score (nSPS) is 19.8. The van der Waals surface area contributed by atoms with Gasteiger partial charge in [-0.2, -0.15) is 0 Å². The standard InChI is InChI=1S/3C30H21B5N2P/c1-2-9-19(10-3-1)36-38(33-31-34(38)35(33)38)20-17-24-22-12-5-7-15-27(22)37-28-16-8-13-23-21-11-4-6-14-25(21)32(29(23)28)26(18-20)30(24)37;1-2-9-19(10-3-1)36-38(33-31-34(38)35(33)38)27-18-17-23-21-12-5-7-15-25(21)37-26-16-8-13-22-20-11-4-6-14-24(20)32(28(22)26)29(27)30(23)37;1-2-9-19(10-3-1)36-38(33-31-34(38)35(33)38)27-18-8-13-22-21-12-7-17-26-28(21)32(29(22)27)24-15-6-14-23-20-11-4-5-16-25(20)37(26)30(23)24/h3*1-18,36H,31H2/q3*-1. The molecule has 12 fully saturated rings. The van der Waals surface area contributed by atoms with Gasteiger partial charge in [-0.3, -0.25) is 0 Å². The number of benzene rings is 15. The summed E-state index contributed by atoms with van der Waals surface area (Å²) in [6.45, 7) is 0.962. The van der Waals surface area contributed by atoms with Crippen LogP contribution in [0.25, 0.3) is 116 Å². The van der Waals surface area contributed by atoms with Crippen molar-refractivity contribution >= 4 is 264 Å². The van der Waals surface area contributed by atoms with Crippen LogP contribution in [0.4, 0.5) is 17.1 Å². The van der Waals surface area contributed by atoms with Crippen LogP contribution in [-0.4, -0.2) is 111 Å². The van der Waals surface area contributed by atoms with Gasteiger partial charge in [0.25, 0.3) is 0 Å². The zero-order chi connectivity index (χ0) is 73.2. The Morgan fingerprint density at radius 3 is 1.10 bits per heavy atom. The topological polar surface area (TPSA) is 50.9 Å². The van der Waals surface area contributed by atoms with Crippen molar-refractivity contribution in [2.45, 2.75) is 0 Å². The van der Waals surface area contributed by atoms with Gasteiger partial charge in [-0.25, -0.2) is 0 Å². The van der Waals surface area contributed by atoms with E-state index < -0.39 is 19.2 Å². The van der Waals surface area contributed by atoms with E-state index >= 15 is 0 Å². The number of rotatable bonds is 9. The second-order valence-electron chi connectivity index (χ2n) is 37.9. The van der Waals surface area contributed by atoms with E-state index in [4.69, 9.17) is 0 Å². The van der Waals surface area contributed by atoms with Crippen LogP contribution in [0.1, 0.15) is 0 Å². The first-order valence-electron chi connectivity index (χ1n) is 42.9. The van der Waals surface area contributed by atoms with Crippen LogP contribution in [0.15, 0.2) is 328 Å². The molecular weight excluding hydrogens is 1420 g/mol. The van der Waals surface area contributed by atoms with Crippen molar-refractivity contribution in [2.75, 3.05) is 15.3 Å². The van der Waals surface area contributed by atoms with Crippen LogP contribution in [0.5, 0.6) is 0 Å². The van der Waals surface area contributed by atoms with Crippen LogP contribution in [0.2, 0.25) is 0 Å². The molecule has 0 spiro atoms. The molecule has 12 saturated heterocycles. The molecule has 6 bridgehead atoms. The van der Waals surface area contributed by atoms with Crippen molar-refractivity contribution < 1.29 is 0 Å². The molecule has 0 aliphatic carbocycles. The van der Waals surface area contributed by atoms with Gasteiger partial charge in [0.05, 0.1) is 0 Å². The zero-order valence-corrected chi connectivity index (χ0v) is 66.0. The summed E-state index contributed by atoms with van der Waals surface area (Å²) in [7, 11) is 0.631. The number of aromatic nitrogens is 3. The Morgan fingerprint density at radius 2 is 0.588 bits per heavy atom. The first-order valence-corrected chi connectivity index (χ1v) is 50.2. The van der Waals surface area contributed by atoms with E-state index in [0.29, 0.717) is 20.1 Å². The molecule has 114 heavy (non-hydrogen) atoms. The van der Waals surface area contributed by atoms with Gasteiger partial charge >= 0.3 is 671 Å². The molecule has 0 saturated carbocycles. The Hall–Kier alpha value is -10.6. The maximum absolute atomic E-state index is 4.37. The predicted octanol–water partition coefficient (Wildman–Crippen LogP) is 9.40. The van der Waals surface area contributed by atoms with E-state index in [1.54, 1.807) is 26.8 Å². The van der Waals surface area contributed by atoms with Crippen LogP contribution in [-0.2, 0) is 0 Å². The molecule has 3 N–H and O–H groups in total. The van der Waals surface area contributed by atoms with Crippen molar-refractivity contribution in [3.05, 3.63) is 328 Å². The average Bonchev–Trinajstić information content (AvgIpc) is 1.37. The fourth-order valence-electron chi connectivity index (χ4n) is 31.1.